The number of nitrogens with two attached hydrogens (primary N) is 1. The van der Waals surface area contributed by atoms with E-state index in [9.17, 15) is 26.7 Å². The number of hydrogen-bond acceptors (Lipinski definition) is 4. The van der Waals surface area contributed by atoms with E-state index in [0.717, 1.165) is 0 Å². The summed E-state index contributed by atoms with van der Waals surface area (Å²) in [5.41, 5.74) is 2.47. The van der Waals surface area contributed by atoms with Gasteiger partial charge in [0.1, 0.15) is 5.69 Å². The van der Waals surface area contributed by atoms with Gasteiger partial charge in [0.2, 0.25) is 0 Å². The third-order valence-electron chi connectivity index (χ3n) is 1.70. The lowest BCUT2D eigenvalue weighted by Crippen LogP contribution is -2.19. The Morgan fingerprint density at radius 3 is 2.41 bits per heavy atom. The second-order valence-corrected chi connectivity index (χ2v) is 2.80. The molecule has 1 rings (SSSR count). The van der Waals surface area contributed by atoms with Gasteiger partial charge in [-0.05, 0) is 0 Å². The molecular formula is C8H5F5N2O2. The van der Waals surface area contributed by atoms with E-state index >= 15 is 0 Å². The van der Waals surface area contributed by atoms with E-state index in [1.165, 1.54) is 0 Å². The number of hydrogen-bond donors (Lipinski definition) is 1. The number of alkyl halides is 5. The van der Waals surface area contributed by atoms with Gasteiger partial charge in [-0.15, -0.1) is 13.2 Å². The molecule has 1 heterocycles. The fourth-order valence-electron chi connectivity index (χ4n) is 1.04. The summed E-state index contributed by atoms with van der Waals surface area (Å²) in [6, 6.07) is 0. The molecule has 0 aliphatic carbocycles. The number of nitrogens with zero attached hydrogens (tertiary/aromatic N) is 1. The Hall–Kier alpha value is -1.93. The van der Waals surface area contributed by atoms with Crippen molar-refractivity contribution in [3.05, 3.63) is 17.5 Å². The van der Waals surface area contributed by atoms with Gasteiger partial charge in [0.25, 0.3) is 6.43 Å². The second kappa shape index (κ2) is 4.52. The van der Waals surface area contributed by atoms with Crippen LogP contribution in [0.25, 0.3) is 0 Å². The standard InChI is InChI=1S/C8H5F5N2O2/c9-7(10)6-3(2-16)5(14)4(1-15-6)17-8(11,12)13/h1-2,7H,(H2,14,15). The number of carbonyl (C=O) groups is 1. The van der Waals surface area contributed by atoms with Crippen molar-refractivity contribution < 1.29 is 31.5 Å². The van der Waals surface area contributed by atoms with Crippen LogP contribution in [0, 0.1) is 0 Å². The van der Waals surface area contributed by atoms with Crippen molar-refractivity contribution in [2.24, 2.45) is 0 Å². The average Bonchev–Trinajstić information content (AvgIpc) is 2.18. The zero-order valence-corrected chi connectivity index (χ0v) is 7.96. The maximum atomic E-state index is 12.3. The topological polar surface area (TPSA) is 65.2 Å². The lowest BCUT2D eigenvalue weighted by atomic mass is 10.1. The Morgan fingerprint density at radius 1 is 1.41 bits per heavy atom. The zero-order chi connectivity index (χ0) is 13.2. The molecule has 0 radical (unpaired) electrons. The molecule has 1 aromatic rings. The molecular weight excluding hydrogens is 251 g/mol. The Kier molecular flexibility index (Phi) is 3.49. The molecule has 0 spiro atoms. The molecule has 0 aliphatic rings. The van der Waals surface area contributed by atoms with Crippen molar-refractivity contribution in [3.63, 3.8) is 0 Å². The lowest BCUT2D eigenvalue weighted by Gasteiger charge is -2.13. The van der Waals surface area contributed by atoms with E-state index in [-0.39, 0.29) is 6.29 Å². The molecule has 0 saturated heterocycles. The SMILES string of the molecule is Nc1c(OC(F)(F)F)cnc(C(F)F)c1C=O. The van der Waals surface area contributed by atoms with Gasteiger partial charge in [0.15, 0.2) is 12.0 Å². The molecule has 94 valence electrons. The minimum atomic E-state index is -5.05. The van der Waals surface area contributed by atoms with Crippen molar-refractivity contribution in [1.29, 1.82) is 0 Å². The van der Waals surface area contributed by atoms with Gasteiger partial charge in [-0.1, -0.05) is 0 Å². The largest absolute Gasteiger partial charge is 0.573 e. The molecule has 9 heteroatoms. The van der Waals surface area contributed by atoms with E-state index in [0.29, 0.717) is 6.20 Å². The normalized spacial score (nSPS) is 11.6. The van der Waals surface area contributed by atoms with Crippen LogP contribution in [0.1, 0.15) is 22.5 Å². The summed E-state index contributed by atoms with van der Waals surface area (Å²) in [5.74, 6) is -0.996. The van der Waals surface area contributed by atoms with E-state index in [2.05, 4.69) is 9.72 Å². The molecule has 1 aromatic heterocycles. The van der Waals surface area contributed by atoms with Crippen LogP contribution in [0.2, 0.25) is 0 Å². The Balaban J connectivity index is 3.25. The van der Waals surface area contributed by atoms with Crippen LogP contribution in [-0.2, 0) is 0 Å². The van der Waals surface area contributed by atoms with Gasteiger partial charge in [-0.2, -0.15) is 0 Å². The van der Waals surface area contributed by atoms with Crippen molar-refractivity contribution >= 4 is 12.0 Å². The van der Waals surface area contributed by atoms with Crippen LogP contribution in [-0.4, -0.2) is 17.6 Å². The zero-order valence-electron chi connectivity index (χ0n) is 7.96. The fraction of sp³-hybridized carbons (Fsp3) is 0.250. The summed E-state index contributed by atoms with van der Waals surface area (Å²) in [6.45, 7) is 0. The number of halogens is 5. The smallest absolute Gasteiger partial charge is 0.402 e. The molecule has 4 nitrogen and oxygen atoms in total. The predicted molar refractivity (Wildman–Crippen MR) is 45.7 cm³/mol. The number of nitrogen functional groups attached to an aromatic ring is 1. The summed E-state index contributed by atoms with van der Waals surface area (Å²) in [4.78, 5) is 13.5. The highest BCUT2D eigenvalue weighted by Crippen LogP contribution is 2.33. The van der Waals surface area contributed by atoms with Gasteiger partial charge in [-0.25, -0.2) is 8.78 Å². The first kappa shape index (κ1) is 13.1. The van der Waals surface area contributed by atoms with Crippen LogP contribution >= 0.6 is 0 Å². The molecule has 0 fully saturated rings. The van der Waals surface area contributed by atoms with Gasteiger partial charge in [0.05, 0.1) is 17.4 Å². The number of anilines is 1. The molecule has 17 heavy (non-hydrogen) atoms. The molecule has 0 amide bonds. The van der Waals surface area contributed by atoms with E-state index in [1.807, 2.05) is 0 Å². The van der Waals surface area contributed by atoms with Gasteiger partial charge in [-0.3, -0.25) is 9.78 Å². The Labute approximate surface area is 91.2 Å². The summed E-state index contributed by atoms with van der Waals surface area (Å²) in [7, 11) is 0. The fourth-order valence-corrected chi connectivity index (χ4v) is 1.04. The monoisotopic (exact) mass is 256 g/mol. The molecule has 0 bridgehead atoms. The Bertz CT molecular complexity index is 433. The van der Waals surface area contributed by atoms with Crippen LogP contribution in [0.3, 0.4) is 0 Å². The number of pyridine rings is 1. The number of aldehydes is 1. The number of carbonyl (C=O) groups excluding carboxylic acids is 1. The first-order valence-electron chi connectivity index (χ1n) is 4.03. The molecule has 0 saturated carbocycles. The summed E-state index contributed by atoms with van der Waals surface area (Å²) < 4.78 is 63.7. The maximum Gasteiger partial charge on any atom is 0.573 e. The molecule has 0 aromatic carbocycles. The van der Waals surface area contributed by atoms with Crippen molar-refractivity contribution in [3.8, 4) is 5.75 Å². The highest BCUT2D eigenvalue weighted by Gasteiger charge is 2.33. The summed E-state index contributed by atoms with van der Waals surface area (Å²) >= 11 is 0. The molecule has 0 atom stereocenters. The van der Waals surface area contributed by atoms with Crippen LogP contribution < -0.4 is 10.5 Å². The highest BCUT2D eigenvalue weighted by molar-refractivity contribution is 5.87. The van der Waals surface area contributed by atoms with E-state index < -0.39 is 35.5 Å². The van der Waals surface area contributed by atoms with Crippen molar-refractivity contribution in [2.45, 2.75) is 12.8 Å². The summed E-state index contributed by atoms with van der Waals surface area (Å²) in [5, 5.41) is 0. The molecule has 0 aliphatic heterocycles. The van der Waals surface area contributed by atoms with Crippen molar-refractivity contribution in [1.82, 2.24) is 4.98 Å². The van der Waals surface area contributed by atoms with Crippen LogP contribution in [0.15, 0.2) is 6.20 Å². The third-order valence-corrected chi connectivity index (χ3v) is 1.70. The number of aromatic nitrogens is 1. The quantitative estimate of drug-likeness (QED) is 0.665. The van der Waals surface area contributed by atoms with Crippen molar-refractivity contribution in [2.75, 3.05) is 5.73 Å². The molecule has 2 N–H and O–H groups in total. The van der Waals surface area contributed by atoms with E-state index in [4.69, 9.17) is 5.73 Å². The average molecular weight is 256 g/mol. The lowest BCUT2D eigenvalue weighted by molar-refractivity contribution is -0.274. The highest BCUT2D eigenvalue weighted by atomic mass is 19.4. The first-order valence-corrected chi connectivity index (χ1v) is 4.03. The number of ether oxygens (including phenoxy) is 1. The second-order valence-electron chi connectivity index (χ2n) is 2.80. The number of rotatable bonds is 3. The van der Waals surface area contributed by atoms with Crippen LogP contribution in [0.5, 0.6) is 5.75 Å². The minimum absolute atomic E-state index is 0.104. The van der Waals surface area contributed by atoms with Crippen LogP contribution in [0.4, 0.5) is 27.6 Å². The minimum Gasteiger partial charge on any atom is -0.402 e. The van der Waals surface area contributed by atoms with Gasteiger partial charge < -0.3 is 10.5 Å². The Morgan fingerprint density at radius 2 is 2.00 bits per heavy atom. The van der Waals surface area contributed by atoms with E-state index in [1.54, 1.807) is 0 Å². The summed E-state index contributed by atoms with van der Waals surface area (Å²) in [6.07, 6.45) is -7.90. The third kappa shape index (κ3) is 3.02. The first-order chi connectivity index (χ1) is 7.76. The predicted octanol–water partition coefficient (Wildman–Crippen LogP) is 2.31. The molecule has 0 unspecified atom stereocenters. The van der Waals surface area contributed by atoms with Gasteiger partial charge >= 0.3 is 6.36 Å². The maximum absolute atomic E-state index is 12.3. The van der Waals surface area contributed by atoms with Gasteiger partial charge in [0, 0.05) is 0 Å².